The maximum atomic E-state index is 9.90. The molecule has 1 saturated carbocycles. The molecule has 0 spiro atoms. The largest absolute Gasteiger partial charge is 0.396 e. The molecule has 0 aromatic rings. The Balaban J connectivity index is 1.82. The first kappa shape index (κ1) is 16.3. The average molecular weight is 282 g/mol. The van der Waals surface area contributed by atoms with E-state index in [9.17, 15) is 5.11 Å². The number of hydrogen-bond acceptors (Lipinski definition) is 3. The van der Waals surface area contributed by atoms with Crippen LogP contribution in [0.15, 0.2) is 0 Å². The molecule has 0 radical (unpaired) electrons. The number of nitrogens with zero attached hydrogens (tertiary/aromatic N) is 2. The first-order chi connectivity index (χ1) is 9.58. The lowest BCUT2D eigenvalue weighted by atomic mass is 9.71. The highest BCUT2D eigenvalue weighted by Crippen LogP contribution is 2.39. The van der Waals surface area contributed by atoms with Crippen molar-refractivity contribution < 1.29 is 5.11 Å². The Morgan fingerprint density at radius 2 is 1.75 bits per heavy atom. The fourth-order valence-electron chi connectivity index (χ4n) is 3.84. The van der Waals surface area contributed by atoms with Crippen molar-refractivity contribution in [2.24, 2.45) is 11.3 Å². The van der Waals surface area contributed by atoms with E-state index in [4.69, 9.17) is 0 Å². The highest BCUT2D eigenvalue weighted by atomic mass is 16.3. The number of hydrogen-bond donors (Lipinski definition) is 1. The van der Waals surface area contributed by atoms with Crippen LogP contribution in [0.25, 0.3) is 0 Å². The van der Waals surface area contributed by atoms with Gasteiger partial charge in [-0.2, -0.15) is 0 Å². The standard InChI is InChI=1S/C17H34N2O/c1-4-16(3)19-11-9-18(10-12-19)13-17(14-20)7-5-15(2)6-8-17/h15-16,20H,4-14H2,1-3H3. The topological polar surface area (TPSA) is 26.7 Å². The summed E-state index contributed by atoms with van der Waals surface area (Å²) in [6.07, 6.45) is 6.28. The molecule has 0 bridgehead atoms. The number of rotatable bonds is 5. The van der Waals surface area contributed by atoms with Gasteiger partial charge < -0.3 is 10.0 Å². The van der Waals surface area contributed by atoms with Crippen molar-refractivity contribution in [1.29, 1.82) is 0 Å². The van der Waals surface area contributed by atoms with E-state index >= 15 is 0 Å². The Labute approximate surface area is 125 Å². The maximum Gasteiger partial charge on any atom is 0.0499 e. The second kappa shape index (κ2) is 7.24. The van der Waals surface area contributed by atoms with E-state index < -0.39 is 0 Å². The van der Waals surface area contributed by atoms with Crippen molar-refractivity contribution in [2.45, 2.75) is 58.9 Å². The maximum absolute atomic E-state index is 9.90. The number of aliphatic hydroxyl groups is 1. The molecule has 0 aromatic heterocycles. The zero-order valence-corrected chi connectivity index (χ0v) is 13.8. The summed E-state index contributed by atoms with van der Waals surface area (Å²) in [5.41, 5.74) is 0.199. The predicted octanol–water partition coefficient (Wildman–Crippen LogP) is 2.59. The quantitative estimate of drug-likeness (QED) is 0.839. The van der Waals surface area contributed by atoms with Gasteiger partial charge in [-0.05, 0) is 32.1 Å². The van der Waals surface area contributed by atoms with Gasteiger partial charge >= 0.3 is 0 Å². The van der Waals surface area contributed by atoms with E-state index in [2.05, 4.69) is 30.6 Å². The third-order valence-electron chi connectivity index (χ3n) is 5.85. The van der Waals surface area contributed by atoms with Crippen molar-refractivity contribution in [3.63, 3.8) is 0 Å². The van der Waals surface area contributed by atoms with Crippen LogP contribution in [0, 0.1) is 11.3 Å². The first-order valence-corrected chi connectivity index (χ1v) is 8.66. The Morgan fingerprint density at radius 1 is 1.15 bits per heavy atom. The third kappa shape index (κ3) is 3.96. The van der Waals surface area contributed by atoms with Crippen LogP contribution >= 0.6 is 0 Å². The van der Waals surface area contributed by atoms with Gasteiger partial charge in [-0.3, -0.25) is 4.90 Å². The summed E-state index contributed by atoms with van der Waals surface area (Å²) in [5.74, 6) is 0.858. The summed E-state index contributed by atoms with van der Waals surface area (Å²) in [6, 6.07) is 0.722. The van der Waals surface area contributed by atoms with Gasteiger partial charge in [-0.15, -0.1) is 0 Å². The summed E-state index contributed by atoms with van der Waals surface area (Å²) < 4.78 is 0. The molecule has 2 fully saturated rings. The van der Waals surface area contributed by atoms with E-state index in [1.807, 2.05) is 0 Å². The van der Waals surface area contributed by atoms with Gasteiger partial charge in [0.1, 0.15) is 0 Å². The van der Waals surface area contributed by atoms with Gasteiger partial charge in [0.2, 0.25) is 0 Å². The van der Waals surface area contributed by atoms with E-state index in [-0.39, 0.29) is 5.41 Å². The third-order valence-corrected chi connectivity index (χ3v) is 5.85. The molecule has 118 valence electrons. The normalized spacial score (nSPS) is 35.1. The van der Waals surface area contributed by atoms with Gasteiger partial charge in [-0.25, -0.2) is 0 Å². The van der Waals surface area contributed by atoms with Gasteiger partial charge in [0.15, 0.2) is 0 Å². The molecule has 1 saturated heterocycles. The second-order valence-corrected chi connectivity index (χ2v) is 7.41. The Bertz CT molecular complexity index is 279. The van der Waals surface area contributed by atoms with Crippen molar-refractivity contribution >= 4 is 0 Å². The molecular formula is C17H34N2O. The van der Waals surface area contributed by atoms with E-state index in [0.29, 0.717) is 6.61 Å². The highest BCUT2D eigenvalue weighted by molar-refractivity contribution is 4.88. The second-order valence-electron chi connectivity index (χ2n) is 7.41. The van der Waals surface area contributed by atoms with Crippen LogP contribution in [-0.4, -0.2) is 60.3 Å². The molecule has 3 heteroatoms. The molecule has 0 amide bonds. The summed E-state index contributed by atoms with van der Waals surface area (Å²) in [6.45, 7) is 13.2. The molecule has 20 heavy (non-hydrogen) atoms. The highest BCUT2D eigenvalue weighted by Gasteiger charge is 2.36. The van der Waals surface area contributed by atoms with Crippen molar-refractivity contribution in [3.05, 3.63) is 0 Å². The molecule has 1 heterocycles. The number of aliphatic hydroxyl groups excluding tert-OH is 1. The minimum Gasteiger partial charge on any atom is -0.396 e. The lowest BCUT2D eigenvalue weighted by Gasteiger charge is -2.45. The fourth-order valence-corrected chi connectivity index (χ4v) is 3.84. The minimum absolute atomic E-state index is 0.199. The molecule has 3 nitrogen and oxygen atoms in total. The summed E-state index contributed by atoms with van der Waals surface area (Å²) >= 11 is 0. The van der Waals surface area contributed by atoms with Crippen LogP contribution in [0.4, 0.5) is 0 Å². The van der Waals surface area contributed by atoms with Crippen LogP contribution in [0.1, 0.15) is 52.9 Å². The van der Waals surface area contributed by atoms with E-state index in [1.165, 1.54) is 58.3 Å². The average Bonchev–Trinajstić information content (AvgIpc) is 2.50. The summed E-state index contributed by atoms with van der Waals surface area (Å²) in [5, 5.41) is 9.90. The molecule has 0 aromatic carbocycles. The van der Waals surface area contributed by atoms with Crippen molar-refractivity contribution in [2.75, 3.05) is 39.3 Å². The van der Waals surface area contributed by atoms with Crippen LogP contribution in [0.3, 0.4) is 0 Å². The van der Waals surface area contributed by atoms with Crippen LogP contribution in [-0.2, 0) is 0 Å². The minimum atomic E-state index is 0.199. The van der Waals surface area contributed by atoms with E-state index in [0.717, 1.165) is 18.5 Å². The number of piperazine rings is 1. The zero-order chi connectivity index (χ0) is 14.6. The fraction of sp³-hybridized carbons (Fsp3) is 1.00. The van der Waals surface area contributed by atoms with Gasteiger partial charge in [0.25, 0.3) is 0 Å². The Morgan fingerprint density at radius 3 is 2.25 bits per heavy atom. The lowest BCUT2D eigenvalue weighted by molar-refractivity contribution is 0.00793. The Hall–Kier alpha value is -0.120. The van der Waals surface area contributed by atoms with Crippen LogP contribution < -0.4 is 0 Å². The molecule has 1 aliphatic heterocycles. The van der Waals surface area contributed by atoms with Gasteiger partial charge in [-0.1, -0.05) is 26.7 Å². The summed E-state index contributed by atoms with van der Waals surface area (Å²) in [7, 11) is 0. The molecule has 2 rings (SSSR count). The molecule has 1 unspecified atom stereocenters. The smallest absolute Gasteiger partial charge is 0.0499 e. The van der Waals surface area contributed by atoms with Gasteiger partial charge in [0.05, 0.1) is 0 Å². The monoisotopic (exact) mass is 282 g/mol. The first-order valence-electron chi connectivity index (χ1n) is 8.66. The van der Waals surface area contributed by atoms with E-state index in [1.54, 1.807) is 0 Å². The van der Waals surface area contributed by atoms with Crippen LogP contribution in [0.2, 0.25) is 0 Å². The lowest BCUT2D eigenvalue weighted by Crippen LogP contribution is -2.53. The predicted molar refractivity (Wildman–Crippen MR) is 84.9 cm³/mol. The van der Waals surface area contributed by atoms with Gasteiger partial charge in [0, 0.05) is 50.8 Å². The molecular weight excluding hydrogens is 248 g/mol. The van der Waals surface area contributed by atoms with Crippen molar-refractivity contribution in [3.8, 4) is 0 Å². The van der Waals surface area contributed by atoms with Crippen LogP contribution in [0.5, 0.6) is 0 Å². The molecule has 1 N–H and O–H groups in total. The molecule has 1 aliphatic carbocycles. The summed E-state index contributed by atoms with van der Waals surface area (Å²) in [4.78, 5) is 5.22. The SMILES string of the molecule is CCC(C)N1CCN(CC2(CO)CCC(C)CC2)CC1. The zero-order valence-electron chi connectivity index (χ0n) is 13.8. The molecule has 2 aliphatic rings. The van der Waals surface area contributed by atoms with Crippen molar-refractivity contribution in [1.82, 2.24) is 9.80 Å². The Kier molecular flexibility index (Phi) is 5.88. The molecule has 1 atom stereocenters.